The molecule has 10 nitrogen and oxygen atoms in total. The zero-order chi connectivity index (χ0) is 28.8. The molecule has 0 aliphatic heterocycles. The maximum absolute atomic E-state index is 14.2. The van der Waals surface area contributed by atoms with Crippen molar-refractivity contribution in [1.82, 2.24) is 20.0 Å². The highest BCUT2D eigenvalue weighted by Crippen LogP contribution is 2.43. The number of likely N-dealkylation sites (N-methyl/N-ethyl adjacent to an activating group) is 1. The second-order valence-electron chi connectivity index (χ2n) is 10.1. The number of carbonyl (C=O) groups excluding carboxylic acids is 2. The molecule has 39 heavy (non-hydrogen) atoms. The van der Waals surface area contributed by atoms with Gasteiger partial charge in [-0.3, -0.25) is 14.3 Å². The maximum atomic E-state index is 14.2. The van der Waals surface area contributed by atoms with Gasteiger partial charge in [-0.1, -0.05) is 6.07 Å². The van der Waals surface area contributed by atoms with E-state index in [1.807, 2.05) is 6.07 Å². The largest absolute Gasteiger partial charge is 0.417 e. The maximum Gasteiger partial charge on any atom is 0.417 e. The Hall–Kier alpha value is -3.44. The Morgan fingerprint density at radius 3 is 2.51 bits per heavy atom. The summed E-state index contributed by atoms with van der Waals surface area (Å²) in [4.78, 5) is 25.2. The van der Waals surface area contributed by atoms with Crippen molar-refractivity contribution in [3.63, 3.8) is 0 Å². The van der Waals surface area contributed by atoms with Gasteiger partial charge in [0.1, 0.15) is 12.1 Å². The van der Waals surface area contributed by atoms with Crippen molar-refractivity contribution in [2.75, 3.05) is 21.2 Å². The Bertz CT molecular complexity index is 1430. The standard InChI is InChI=1S/C25H28F3N5O5S/c1-32(2)22(34)13-33-12-16(11-30-33)15-4-5-21(19(8-15)25(26,27)28)39(36,37)17-9-18(20(10-17)38-3)23(35)31-24(14-29)6-7-24/h4-5,8,11-12,17-18,20H,6-7,9-10,13H2,1-3H3,(H,31,35)/t17-,18-,20-/m0/s1. The number of benzene rings is 1. The van der Waals surface area contributed by atoms with E-state index in [1.165, 1.54) is 35.2 Å². The minimum absolute atomic E-state index is 0.0782. The van der Waals surface area contributed by atoms with Gasteiger partial charge < -0.3 is 15.0 Å². The molecule has 4 rings (SSSR count). The summed E-state index contributed by atoms with van der Waals surface area (Å²) in [5.74, 6) is -1.74. The Morgan fingerprint density at radius 2 is 1.95 bits per heavy atom. The number of nitrogens with one attached hydrogen (secondary N) is 1. The first kappa shape index (κ1) is 28.6. The lowest BCUT2D eigenvalue weighted by atomic mass is 10.0. The van der Waals surface area contributed by atoms with E-state index in [0.29, 0.717) is 12.8 Å². The lowest BCUT2D eigenvalue weighted by Gasteiger charge is -2.19. The molecule has 1 aromatic carbocycles. The van der Waals surface area contributed by atoms with Crippen LogP contribution >= 0.6 is 0 Å². The molecule has 2 aliphatic rings. The monoisotopic (exact) mass is 567 g/mol. The summed E-state index contributed by atoms with van der Waals surface area (Å²) in [6, 6.07) is 4.95. The zero-order valence-electron chi connectivity index (χ0n) is 21.5. The molecule has 2 amide bonds. The van der Waals surface area contributed by atoms with Gasteiger partial charge in [0.15, 0.2) is 9.84 Å². The number of aromatic nitrogens is 2. The van der Waals surface area contributed by atoms with Gasteiger partial charge in [-0.15, -0.1) is 0 Å². The predicted molar refractivity (Wildman–Crippen MR) is 132 cm³/mol. The first-order valence-electron chi connectivity index (χ1n) is 12.1. The van der Waals surface area contributed by atoms with Gasteiger partial charge in [0.25, 0.3) is 0 Å². The van der Waals surface area contributed by atoms with E-state index in [-0.39, 0.29) is 36.4 Å². The molecule has 2 saturated carbocycles. The fourth-order valence-electron chi connectivity index (χ4n) is 4.70. The van der Waals surface area contributed by atoms with Gasteiger partial charge >= 0.3 is 6.18 Å². The van der Waals surface area contributed by atoms with Gasteiger partial charge in [-0.25, -0.2) is 8.42 Å². The fourth-order valence-corrected chi connectivity index (χ4v) is 6.70. The molecule has 1 heterocycles. The molecule has 3 atom stereocenters. The topological polar surface area (TPSA) is 134 Å². The summed E-state index contributed by atoms with van der Waals surface area (Å²) in [5.41, 5.74) is -1.95. The SMILES string of the molecule is CO[C@H]1C[C@@H](S(=O)(=O)c2ccc(-c3cnn(CC(=O)N(C)C)c3)cc2C(F)(F)F)C[C@@H]1C(=O)NC1(C#N)CC1. The Balaban J connectivity index is 1.62. The van der Waals surface area contributed by atoms with Crippen molar-refractivity contribution in [2.24, 2.45) is 5.92 Å². The van der Waals surface area contributed by atoms with Crippen LogP contribution in [0.15, 0.2) is 35.5 Å². The molecule has 0 bridgehead atoms. The number of carbonyl (C=O) groups is 2. The molecular formula is C25H28F3N5O5S. The summed E-state index contributed by atoms with van der Waals surface area (Å²) >= 11 is 0. The van der Waals surface area contributed by atoms with E-state index >= 15 is 0 Å². The second kappa shape index (κ2) is 10.3. The van der Waals surface area contributed by atoms with Crippen LogP contribution < -0.4 is 5.32 Å². The third kappa shape index (κ3) is 5.79. The molecule has 210 valence electrons. The molecule has 1 aromatic heterocycles. The van der Waals surface area contributed by atoms with E-state index < -0.39 is 55.2 Å². The number of hydrogen-bond donors (Lipinski definition) is 1. The van der Waals surface area contributed by atoms with Crippen LogP contribution in [-0.2, 0) is 36.9 Å². The number of nitrogens with zero attached hydrogens (tertiary/aromatic N) is 4. The minimum Gasteiger partial charge on any atom is -0.381 e. The van der Waals surface area contributed by atoms with E-state index in [2.05, 4.69) is 10.4 Å². The van der Waals surface area contributed by atoms with Crippen LogP contribution in [-0.4, -0.2) is 73.0 Å². The first-order chi connectivity index (χ1) is 18.2. The van der Waals surface area contributed by atoms with Gasteiger partial charge in [0.05, 0.1) is 40.0 Å². The summed E-state index contributed by atoms with van der Waals surface area (Å²) in [5, 5.41) is 14.6. The molecule has 2 fully saturated rings. The molecular weight excluding hydrogens is 539 g/mol. The van der Waals surface area contributed by atoms with Crippen molar-refractivity contribution in [3.8, 4) is 17.2 Å². The number of halogens is 3. The highest BCUT2D eigenvalue weighted by atomic mass is 32.2. The van der Waals surface area contributed by atoms with Gasteiger partial charge in [0, 0.05) is 33.0 Å². The van der Waals surface area contributed by atoms with E-state index in [1.54, 1.807) is 14.1 Å². The third-order valence-electron chi connectivity index (χ3n) is 7.22. The van der Waals surface area contributed by atoms with Crippen LogP contribution in [0.25, 0.3) is 11.1 Å². The number of nitriles is 1. The molecule has 14 heteroatoms. The van der Waals surface area contributed by atoms with Gasteiger partial charge in [-0.2, -0.15) is 23.5 Å². The van der Waals surface area contributed by atoms with E-state index in [0.717, 1.165) is 12.1 Å². The molecule has 0 saturated heterocycles. The molecule has 2 aliphatic carbocycles. The van der Waals surface area contributed by atoms with Gasteiger partial charge in [0.2, 0.25) is 11.8 Å². The second-order valence-corrected chi connectivity index (χ2v) is 12.3. The predicted octanol–water partition coefficient (Wildman–Crippen LogP) is 2.40. The first-order valence-corrected chi connectivity index (χ1v) is 13.7. The summed E-state index contributed by atoms with van der Waals surface area (Å²) < 4.78 is 76.1. The highest BCUT2D eigenvalue weighted by Gasteiger charge is 2.51. The van der Waals surface area contributed by atoms with Crippen LogP contribution in [0.1, 0.15) is 31.2 Å². The number of hydrogen-bond acceptors (Lipinski definition) is 7. The molecule has 0 radical (unpaired) electrons. The van der Waals surface area contributed by atoms with Crippen LogP contribution in [0.5, 0.6) is 0 Å². The number of alkyl halides is 3. The lowest BCUT2D eigenvalue weighted by Crippen LogP contribution is -2.42. The Morgan fingerprint density at radius 1 is 1.26 bits per heavy atom. The summed E-state index contributed by atoms with van der Waals surface area (Å²) in [7, 11) is -0.104. The normalized spacial score (nSPS) is 22.2. The third-order valence-corrected chi connectivity index (χ3v) is 9.45. The summed E-state index contributed by atoms with van der Waals surface area (Å²) in [6.07, 6.45) is -2.56. The number of rotatable bonds is 8. The number of sulfone groups is 1. The number of methoxy groups -OCH3 is 1. The zero-order valence-corrected chi connectivity index (χ0v) is 22.3. The van der Waals surface area contributed by atoms with Crippen molar-refractivity contribution < 1.29 is 35.9 Å². The Labute approximate surface area is 223 Å². The highest BCUT2D eigenvalue weighted by molar-refractivity contribution is 7.92. The van der Waals surface area contributed by atoms with E-state index in [4.69, 9.17) is 4.74 Å². The molecule has 0 unspecified atom stereocenters. The lowest BCUT2D eigenvalue weighted by molar-refractivity contribution is -0.140. The minimum atomic E-state index is -4.99. The fraction of sp³-hybridized carbons (Fsp3) is 0.520. The number of amides is 2. The molecule has 0 spiro atoms. The van der Waals surface area contributed by atoms with Crippen molar-refractivity contribution in [1.29, 1.82) is 5.26 Å². The summed E-state index contributed by atoms with van der Waals surface area (Å²) in [6.45, 7) is -0.113. The smallest absolute Gasteiger partial charge is 0.381 e. The molecule has 1 N–H and O–H groups in total. The Kier molecular flexibility index (Phi) is 7.52. The van der Waals surface area contributed by atoms with Crippen LogP contribution in [0.4, 0.5) is 13.2 Å². The molecule has 2 aromatic rings. The average Bonchev–Trinajstić information content (AvgIpc) is 3.27. The van der Waals surface area contributed by atoms with Crippen LogP contribution in [0, 0.1) is 17.2 Å². The van der Waals surface area contributed by atoms with Crippen molar-refractivity contribution >= 4 is 21.7 Å². The number of ether oxygens (including phenoxy) is 1. The van der Waals surface area contributed by atoms with Crippen molar-refractivity contribution in [2.45, 2.75) is 60.2 Å². The quantitative estimate of drug-likeness (QED) is 0.518. The average molecular weight is 568 g/mol. The van der Waals surface area contributed by atoms with E-state index in [9.17, 15) is 36.4 Å². The van der Waals surface area contributed by atoms with Crippen molar-refractivity contribution in [3.05, 3.63) is 36.2 Å². The van der Waals surface area contributed by atoms with Crippen LogP contribution in [0.2, 0.25) is 0 Å². The van der Waals surface area contributed by atoms with Crippen LogP contribution in [0.3, 0.4) is 0 Å². The van der Waals surface area contributed by atoms with Gasteiger partial charge in [-0.05, 0) is 43.4 Å².